The fourth-order valence-corrected chi connectivity index (χ4v) is 2.41. The highest BCUT2D eigenvalue weighted by Crippen LogP contribution is 2.30. The quantitative estimate of drug-likeness (QED) is 0.505. The molecule has 0 spiro atoms. The Hall–Kier alpha value is -2.56. The van der Waals surface area contributed by atoms with Crippen LogP contribution in [0.5, 0.6) is 0 Å². The van der Waals surface area contributed by atoms with E-state index in [0.717, 1.165) is 11.6 Å². The zero-order valence-corrected chi connectivity index (χ0v) is 11.4. The van der Waals surface area contributed by atoms with Crippen LogP contribution in [0.4, 0.5) is 8.78 Å². The van der Waals surface area contributed by atoms with Crippen LogP contribution in [0.3, 0.4) is 0 Å². The molecule has 0 aliphatic rings. The van der Waals surface area contributed by atoms with Crippen molar-refractivity contribution in [1.29, 1.82) is 0 Å². The predicted octanol–water partition coefficient (Wildman–Crippen LogP) is 3.76. The van der Waals surface area contributed by atoms with E-state index >= 15 is 0 Å². The molecule has 0 radical (unpaired) electrons. The molecule has 0 aliphatic heterocycles. The fourth-order valence-electron chi connectivity index (χ4n) is 2.41. The van der Waals surface area contributed by atoms with Crippen molar-refractivity contribution in [2.24, 2.45) is 0 Å². The minimum Gasteiger partial charge on any atom is -0.464 e. The van der Waals surface area contributed by atoms with Crippen molar-refractivity contribution < 1.29 is 18.3 Å². The Morgan fingerprint density at radius 3 is 2.62 bits per heavy atom. The molecule has 106 valence electrons. The molecule has 2 aromatic carbocycles. The van der Waals surface area contributed by atoms with Crippen LogP contribution in [-0.2, 0) is 4.74 Å². The van der Waals surface area contributed by atoms with Crippen molar-refractivity contribution in [2.75, 3.05) is 7.11 Å². The number of fused-ring (bicyclic) bond motifs is 3. The molecule has 5 heteroatoms. The number of carbonyl (C=O) groups is 1. The molecule has 3 aromatic rings. The van der Waals surface area contributed by atoms with E-state index in [0.29, 0.717) is 16.3 Å². The summed E-state index contributed by atoms with van der Waals surface area (Å²) in [6.07, 6.45) is 0. The molecule has 0 N–H and O–H groups in total. The fraction of sp³-hybridized carbons (Fsp3) is 0.125. The third-order valence-electron chi connectivity index (χ3n) is 3.35. The number of carbonyl (C=O) groups excluding carboxylic acids is 1. The van der Waals surface area contributed by atoms with E-state index in [1.807, 2.05) is 13.0 Å². The molecule has 1 aromatic heterocycles. The number of pyridine rings is 1. The van der Waals surface area contributed by atoms with Crippen LogP contribution in [0.25, 0.3) is 21.7 Å². The van der Waals surface area contributed by atoms with Gasteiger partial charge >= 0.3 is 5.97 Å². The molecular weight excluding hydrogens is 276 g/mol. The molecule has 0 bridgehead atoms. The molecular formula is C16H11F2NO2. The second kappa shape index (κ2) is 4.77. The lowest BCUT2D eigenvalue weighted by atomic mass is 10.0. The first-order valence-corrected chi connectivity index (χ1v) is 6.28. The van der Waals surface area contributed by atoms with Crippen LogP contribution in [0.15, 0.2) is 30.3 Å². The van der Waals surface area contributed by atoms with Crippen molar-refractivity contribution in [1.82, 2.24) is 4.98 Å². The third-order valence-corrected chi connectivity index (χ3v) is 3.35. The minimum absolute atomic E-state index is 0.0265. The third kappa shape index (κ3) is 2.11. The van der Waals surface area contributed by atoms with E-state index in [2.05, 4.69) is 9.72 Å². The Kier molecular flexibility index (Phi) is 3.05. The van der Waals surface area contributed by atoms with Gasteiger partial charge in [0.2, 0.25) is 0 Å². The van der Waals surface area contributed by atoms with Crippen LogP contribution >= 0.6 is 0 Å². The van der Waals surface area contributed by atoms with Gasteiger partial charge in [-0.1, -0.05) is 11.6 Å². The summed E-state index contributed by atoms with van der Waals surface area (Å²) >= 11 is 0. The summed E-state index contributed by atoms with van der Waals surface area (Å²) < 4.78 is 32.3. The minimum atomic E-state index is -0.832. The normalized spacial score (nSPS) is 11.0. The Bertz CT molecular complexity index is 890. The molecule has 0 amide bonds. The van der Waals surface area contributed by atoms with Crippen molar-refractivity contribution in [2.45, 2.75) is 6.92 Å². The molecule has 0 unspecified atom stereocenters. The number of halogens is 2. The van der Waals surface area contributed by atoms with Crippen LogP contribution in [-0.4, -0.2) is 18.1 Å². The first-order chi connectivity index (χ1) is 10.0. The van der Waals surface area contributed by atoms with Gasteiger partial charge in [0, 0.05) is 11.5 Å². The van der Waals surface area contributed by atoms with E-state index in [4.69, 9.17) is 0 Å². The average molecular weight is 287 g/mol. The molecule has 0 atom stereocenters. The van der Waals surface area contributed by atoms with Gasteiger partial charge in [0.1, 0.15) is 11.6 Å². The number of aromatic nitrogens is 1. The number of rotatable bonds is 1. The Morgan fingerprint density at radius 1 is 1.14 bits per heavy atom. The number of ether oxygens (including phenoxy) is 1. The average Bonchev–Trinajstić information content (AvgIpc) is 2.45. The van der Waals surface area contributed by atoms with E-state index in [9.17, 15) is 13.6 Å². The maximum absolute atomic E-state index is 14.1. The largest absolute Gasteiger partial charge is 0.464 e. The number of hydrogen-bond donors (Lipinski definition) is 0. The maximum atomic E-state index is 14.1. The number of esters is 1. The van der Waals surface area contributed by atoms with Crippen molar-refractivity contribution in [3.8, 4) is 0 Å². The van der Waals surface area contributed by atoms with Gasteiger partial charge < -0.3 is 4.74 Å². The lowest BCUT2D eigenvalue weighted by Crippen LogP contribution is -2.07. The summed E-state index contributed by atoms with van der Waals surface area (Å²) in [7, 11) is 1.19. The highest BCUT2D eigenvalue weighted by atomic mass is 19.1. The van der Waals surface area contributed by atoms with Gasteiger partial charge in [0.15, 0.2) is 5.69 Å². The van der Waals surface area contributed by atoms with E-state index in [1.165, 1.54) is 13.2 Å². The molecule has 0 fully saturated rings. The summed E-state index contributed by atoms with van der Waals surface area (Å²) in [5, 5.41) is 0.874. The number of nitrogens with zero attached hydrogens (tertiary/aromatic N) is 1. The highest BCUT2D eigenvalue weighted by Gasteiger charge is 2.19. The molecule has 0 saturated heterocycles. The number of methoxy groups -OCH3 is 1. The Balaban J connectivity index is 2.57. The predicted molar refractivity (Wildman–Crippen MR) is 75.2 cm³/mol. The first-order valence-electron chi connectivity index (χ1n) is 6.28. The van der Waals surface area contributed by atoms with Crippen LogP contribution in [0, 0.1) is 18.6 Å². The van der Waals surface area contributed by atoms with E-state index in [1.54, 1.807) is 12.1 Å². The first kappa shape index (κ1) is 13.4. The second-order valence-electron chi connectivity index (χ2n) is 4.78. The van der Waals surface area contributed by atoms with Gasteiger partial charge in [-0.2, -0.15) is 0 Å². The number of aryl methyl sites for hydroxylation is 1. The molecule has 3 rings (SSSR count). The van der Waals surface area contributed by atoms with Crippen LogP contribution in [0.2, 0.25) is 0 Å². The molecule has 1 heterocycles. The Labute approximate surface area is 119 Å². The van der Waals surface area contributed by atoms with Gasteiger partial charge in [-0.25, -0.2) is 18.6 Å². The van der Waals surface area contributed by atoms with Gasteiger partial charge in [-0.15, -0.1) is 0 Å². The van der Waals surface area contributed by atoms with Crippen LogP contribution < -0.4 is 0 Å². The summed E-state index contributed by atoms with van der Waals surface area (Å²) in [5.41, 5.74) is 1.26. The van der Waals surface area contributed by atoms with Crippen LogP contribution in [0.1, 0.15) is 16.1 Å². The van der Waals surface area contributed by atoms with Crippen molar-refractivity contribution >= 4 is 27.6 Å². The van der Waals surface area contributed by atoms with Gasteiger partial charge in [0.05, 0.1) is 18.0 Å². The SMILES string of the molecule is COC(=O)c1nc2ccc(C)cc2c2cc(F)cc(F)c12. The maximum Gasteiger partial charge on any atom is 0.357 e. The molecule has 0 aliphatic carbocycles. The van der Waals surface area contributed by atoms with Gasteiger partial charge in [-0.05, 0) is 30.5 Å². The summed E-state index contributed by atoms with van der Waals surface area (Å²) in [6, 6.07) is 7.24. The molecule has 3 nitrogen and oxygen atoms in total. The molecule has 0 saturated carbocycles. The van der Waals surface area contributed by atoms with E-state index < -0.39 is 17.6 Å². The lowest BCUT2D eigenvalue weighted by Gasteiger charge is -2.10. The molecule has 21 heavy (non-hydrogen) atoms. The van der Waals surface area contributed by atoms with Gasteiger partial charge in [-0.3, -0.25) is 0 Å². The zero-order chi connectivity index (χ0) is 15.1. The van der Waals surface area contributed by atoms with E-state index in [-0.39, 0.29) is 11.1 Å². The van der Waals surface area contributed by atoms with Crippen molar-refractivity contribution in [3.05, 3.63) is 53.2 Å². The smallest absolute Gasteiger partial charge is 0.357 e. The topological polar surface area (TPSA) is 39.2 Å². The van der Waals surface area contributed by atoms with Crippen molar-refractivity contribution in [3.63, 3.8) is 0 Å². The Morgan fingerprint density at radius 2 is 1.90 bits per heavy atom. The summed E-state index contributed by atoms with van der Waals surface area (Å²) in [5.74, 6) is -2.29. The zero-order valence-electron chi connectivity index (χ0n) is 11.4. The van der Waals surface area contributed by atoms with Gasteiger partial charge in [0.25, 0.3) is 0 Å². The lowest BCUT2D eigenvalue weighted by molar-refractivity contribution is 0.0596. The number of benzene rings is 2. The second-order valence-corrected chi connectivity index (χ2v) is 4.78. The standard InChI is InChI=1S/C16H11F2NO2/c1-8-3-4-13-10(5-8)11-6-9(17)7-12(18)14(11)15(19-13)16(20)21-2/h3-7H,1-2H3. The number of hydrogen-bond acceptors (Lipinski definition) is 3. The summed E-state index contributed by atoms with van der Waals surface area (Å²) in [4.78, 5) is 16.0. The monoisotopic (exact) mass is 287 g/mol. The summed E-state index contributed by atoms with van der Waals surface area (Å²) in [6.45, 7) is 1.87. The highest BCUT2D eigenvalue weighted by molar-refractivity contribution is 6.13.